The minimum Gasteiger partial charge on any atom is -0.482 e. The second-order valence-electron chi connectivity index (χ2n) is 4.37. The van der Waals surface area contributed by atoms with E-state index >= 15 is 0 Å². The molecule has 0 amide bonds. The maximum Gasteiger partial charge on any atom is 0.180 e. The average molecular weight is 273 g/mol. The SMILES string of the molecule is CCCCCNc1ncncc1OCc1cccnn1. The smallest absolute Gasteiger partial charge is 0.180 e. The predicted octanol–water partition coefficient (Wildman–Crippen LogP) is 2.45. The van der Waals surface area contributed by atoms with Crippen molar-refractivity contribution >= 4 is 5.82 Å². The number of aromatic nitrogens is 4. The lowest BCUT2D eigenvalue weighted by atomic mass is 10.2. The van der Waals surface area contributed by atoms with E-state index in [9.17, 15) is 0 Å². The van der Waals surface area contributed by atoms with E-state index in [1.807, 2.05) is 12.1 Å². The highest BCUT2D eigenvalue weighted by molar-refractivity contribution is 5.47. The van der Waals surface area contributed by atoms with Gasteiger partial charge >= 0.3 is 0 Å². The molecule has 106 valence electrons. The Labute approximate surface area is 118 Å². The van der Waals surface area contributed by atoms with Gasteiger partial charge in [-0.25, -0.2) is 9.97 Å². The zero-order valence-electron chi connectivity index (χ0n) is 11.6. The molecule has 0 bridgehead atoms. The lowest BCUT2D eigenvalue weighted by Gasteiger charge is -2.10. The normalized spacial score (nSPS) is 10.2. The lowest BCUT2D eigenvalue weighted by Crippen LogP contribution is -2.07. The van der Waals surface area contributed by atoms with Gasteiger partial charge in [0.15, 0.2) is 11.6 Å². The Morgan fingerprint density at radius 3 is 3.05 bits per heavy atom. The molecule has 0 saturated carbocycles. The quantitative estimate of drug-likeness (QED) is 0.745. The molecule has 2 heterocycles. The van der Waals surface area contributed by atoms with Crippen molar-refractivity contribution in [2.75, 3.05) is 11.9 Å². The van der Waals surface area contributed by atoms with Gasteiger partial charge in [-0.2, -0.15) is 10.2 Å². The second kappa shape index (κ2) is 8.04. The summed E-state index contributed by atoms with van der Waals surface area (Å²) in [6, 6.07) is 3.70. The molecule has 2 aromatic rings. The van der Waals surface area contributed by atoms with Crippen molar-refractivity contribution in [3.63, 3.8) is 0 Å². The van der Waals surface area contributed by atoms with Crippen LogP contribution in [0.15, 0.2) is 30.9 Å². The van der Waals surface area contributed by atoms with E-state index in [-0.39, 0.29) is 0 Å². The number of nitrogens with zero attached hydrogens (tertiary/aromatic N) is 4. The van der Waals surface area contributed by atoms with Crippen molar-refractivity contribution in [2.45, 2.75) is 32.8 Å². The van der Waals surface area contributed by atoms with Gasteiger partial charge in [0, 0.05) is 12.7 Å². The molecule has 6 nitrogen and oxygen atoms in total. The zero-order chi connectivity index (χ0) is 14.0. The summed E-state index contributed by atoms with van der Waals surface area (Å²) < 4.78 is 5.69. The predicted molar refractivity (Wildman–Crippen MR) is 76.4 cm³/mol. The van der Waals surface area contributed by atoms with E-state index in [1.165, 1.54) is 19.2 Å². The highest BCUT2D eigenvalue weighted by Gasteiger charge is 2.05. The number of hydrogen-bond acceptors (Lipinski definition) is 6. The van der Waals surface area contributed by atoms with Gasteiger partial charge in [0.05, 0.1) is 6.20 Å². The minimum absolute atomic E-state index is 0.352. The van der Waals surface area contributed by atoms with Gasteiger partial charge in [-0.05, 0) is 18.6 Å². The summed E-state index contributed by atoms with van der Waals surface area (Å²) in [7, 11) is 0. The van der Waals surface area contributed by atoms with E-state index in [0.29, 0.717) is 12.4 Å². The molecule has 20 heavy (non-hydrogen) atoms. The Bertz CT molecular complexity index is 506. The first-order valence-electron chi connectivity index (χ1n) is 6.83. The van der Waals surface area contributed by atoms with Gasteiger partial charge in [-0.3, -0.25) is 0 Å². The van der Waals surface area contributed by atoms with Gasteiger partial charge in [0.25, 0.3) is 0 Å². The third-order valence-electron chi connectivity index (χ3n) is 2.75. The zero-order valence-corrected chi connectivity index (χ0v) is 11.6. The second-order valence-corrected chi connectivity index (χ2v) is 4.37. The van der Waals surface area contributed by atoms with Crippen molar-refractivity contribution in [3.8, 4) is 5.75 Å². The Hall–Kier alpha value is -2.24. The van der Waals surface area contributed by atoms with Crippen molar-refractivity contribution in [2.24, 2.45) is 0 Å². The highest BCUT2D eigenvalue weighted by atomic mass is 16.5. The summed E-state index contributed by atoms with van der Waals surface area (Å²) in [6.07, 6.45) is 8.32. The number of nitrogens with one attached hydrogen (secondary N) is 1. The molecular weight excluding hydrogens is 254 g/mol. The molecular formula is C14H19N5O. The van der Waals surface area contributed by atoms with E-state index in [1.54, 1.807) is 12.4 Å². The topological polar surface area (TPSA) is 72.8 Å². The first-order chi connectivity index (χ1) is 9.90. The number of rotatable bonds is 8. The van der Waals surface area contributed by atoms with Crippen LogP contribution >= 0.6 is 0 Å². The standard InChI is InChI=1S/C14H19N5O/c1-2-3-4-7-16-14-13(9-15-11-17-14)20-10-12-6-5-8-18-19-12/h5-6,8-9,11H,2-4,7,10H2,1H3,(H,15,16,17). The van der Waals surface area contributed by atoms with Crippen LogP contribution in [0.4, 0.5) is 5.82 Å². The third kappa shape index (κ3) is 4.46. The molecule has 2 rings (SSSR count). The van der Waals surface area contributed by atoms with E-state index in [4.69, 9.17) is 4.74 Å². The van der Waals surface area contributed by atoms with Gasteiger partial charge in [-0.15, -0.1) is 0 Å². The van der Waals surface area contributed by atoms with Gasteiger partial charge < -0.3 is 10.1 Å². The van der Waals surface area contributed by atoms with Crippen molar-refractivity contribution < 1.29 is 4.74 Å². The van der Waals surface area contributed by atoms with E-state index in [2.05, 4.69) is 32.4 Å². The maximum atomic E-state index is 5.69. The van der Waals surface area contributed by atoms with E-state index in [0.717, 1.165) is 24.5 Å². The van der Waals surface area contributed by atoms with Gasteiger partial charge in [-0.1, -0.05) is 19.8 Å². The summed E-state index contributed by atoms with van der Waals surface area (Å²) in [5.41, 5.74) is 0.772. The summed E-state index contributed by atoms with van der Waals surface area (Å²) >= 11 is 0. The summed E-state index contributed by atoms with van der Waals surface area (Å²) in [5.74, 6) is 1.36. The lowest BCUT2D eigenvalue weighted by molar-refractivity contribution is 0.299. The molecule has 2 aromatic heterocycles. The largest absolute Gasteiger partial charge is 0.482 e. The summed E-state index contributed by atoms with van der Waals surface area (Å²) in [6.45, 7) is 3.41. The van der Waals surface area contributed by atoms with Crippen LogP contribution in [0.5, 0.6) is 5.75 Å². The van der Waals surface area contributed by atoms with Crippen LogP contribution in [0, 0.1) is 0 Å². The molecule has 0 aromatic carbocycles. The Balaban J connectivity index is 1.90. The fourth-order valence-electron chi connectivity index (χ4n) is 1.70. The number of ether oxygens (including phenoxy) is 1. The minimum atomic E-state index is 0.352. The van der Waals surface area contributed by atoms with E-state index < -0.39 is 0 Å². The number of anilines is 1. The Morgan fingerprint density at radius 2 is 2.25 bits per heavy atom. The molecule has 0 aliphatic rings. The molecule has 0 atom stereocenters. The monoisotopic (exact) mass is 273 g/mol. The maximum absolute atomic E-state index is 5.69. The molecule has 0 aliphatic heterocycles. The van der Waals surface area contributed by atoms with Crippen molar-refractivity contribution in [3.05, 3.63) is 36.5 Å². The highest BCUT2D eigenvalue weighted by Crippen LogP contribution is 2.20. The Kier molecular flexibility index (Phi) is 5.70. The van der Waals surface area contributed by atoms with Crippen LogP contribution in [-0.2, 0) is 6.61 Å². The molecule has 0 aliphatic carbocycles. The first kappa shape index (κ1) is 14.2. The molecule has 1 N–H and O–H groups in total. The third-order valence-corrected chi connectivity index (χ3v) is 2.75. The van der Waals surface area contributed by atoms with Gasteiger partial charge in [0.2, 0.25) is 0 Å². The molecule has 0 spiro atoms. The van der Waals surface area contributed by atoms with Crippen LogP contribution < -0.4 is 10.1 Å². The molecule has 0 radical (unpaired) electrons. The first-order valence-corrected chi connectivity index (χ1v) is 6.83. The fourth-order valence-corrected chi connectivity index (χ4v) is 1.70. The molecule has 0 unspecified atom stereocenters. The van der Waals surface area contributed by atoms with Crippen LogP contribution in [0.1, 0.15) is 31.9 Å². The summed E-state index contributed by atoms with van der Waals surface area (Å²) in [4.78, 5) is 8.20. The molecule has 6 heteroatoms. The number of unbranched alkanes of at least 4 members (excludes halogenated alkanes) is 2. The van der Waals surface area contributed by atoms with Crippen LogP contribution in [0.25, 0.3) is 0 Å². The van der Waals surface area contributed by atoms with Crippen LogP contribution in [0.3, 0.4) is 0 Å². The summed E-state index contributed by atoms with van der Waals surface area (Å²) in [5, 5.41) is 11.1. The fraction of sp³-hybridized carbons (Fsp3) is 0.429. The average Bonchev–Trinajstić information content (AvgIpc) is 2.51. The number of hydrogen-bond donors (Lipinski definition) is 1. The molecule has 0 fully saturated rings. The Morgan fingerprint density at radius 1 is 1.30 bits per heavy atom. The van der Waals surface area contributed by atoms with Crippen LogP contribution in [-0.4, -0.2) is 26.7 Å². The van der Waals surface area contributed by atoms with Crippen LogP contribution in [0.2, 0.25) is 0 Å². The molecule has 0 saturated heterocycles. The van der Waals surface area contributed by atoms with Gasteiger partial charge in [0.1, 0.15) is 18.6 Å². The van der Waals surface area contributed by atoms with Crippen molar-refractivity contribution in [1.29, 1.82) is 0 Å². The van der Waals surface area contributed by atoms with Crippen molar-refractivity contribution in [1.82, 2.24) is 20.2 Å².